The molecule has 5 nitrogen and oxygen atoms in total. The first-order valence-electron chi connectivity index (χ1n) is 12.5. The summed E-state index contributed by atoms with van der Waals surface area (Å²) in [6.07, 6.45) is 8.90. The fraction of sp³-hybridized carbons (Fsp3) is 0.200. The molecule has 1 aliphatic heterocycles. The molecule has 0 aromatic heterocycles. The Labute approximate surface area is 236 Å². The number of urea groups is 1. The van der Waals surface area contributed by atoms with Crippen molar-refractivity contribution < 1.29 is 9.59 Å². The smallest absolute Gasteiger partial charge is 0.325 e. The quantitative estimate of drug-likeness (QED) is 0.298. The van der Waals surface area contributed by atoms with E-state index in [9.17, 15) is 9.59 Å². The summed E-state index contributed by atoms with van der Waals surface area (Å²) in [5, 5.41) is 6.54. The van der Waals surface area contributed by atoms with Crippen LogP contribution in [-0.2, 0) is 4.79 Å². The highest BCUT2D eigenvalue weighted by Crippen LogP contribution is 2.43. The van der Waals surface area contributed by atoms with Gasteiger partial charge in [0.15, 0.2) is 0 Å². The molecule has 3 amide bonds. The minimum absolute atomic E-state index is 0.0686. The van der Waals surface area contributed by atoms with Gasteiger partial charge in [0.1, 0.15) is 0 Å². The van der Waals surface area contributed by atoms with E-state index in [1.807, 2.05) is 85.5 Å². The van der Waals surface area contributed by atoms with Gasteiger partial charge in [-0.15, -0.1) is 23.5 Å². The maximum absolute atomic E-state index is 13.6. The lowest BCUT2D eigenvalue weighted by Crippen LogP contribution is -2.49. The first-order chi connectivity index (χ1) is 18.4. The van der Waals surface area contributed by atoms with Crippen molar-refractivity contribution in [1.29, 1.82) is 0 Å². The van der Waals surface area contributed by atoms with Gasteiger partial charge in [0.25, 0.3) is 0 Å². The molecule has 3 aromatic carbocycles. The summed E-state index contributed by atoms with van der Waals surface area (Å²) in [4.78, 5) is 30.4. The zero-order valence-corrected chi connectivity index (χ0v) is 23.4. The topological polar surface area (TPSA) is 61.4 Å². The van der Waals surface area contributed by atoms with E-state index in [-0.39, 0.29) is 28.5 Å². The number of hydrogen-bond acceptors (Lipinski definition) is 4. The Morgan fingerprint density at radius 3 is 2.61 bits per heavy atom. The van der Waals surface area contributed by atoms with Crippen molar-refractivity contribution in [3.8, 4) is 0 Å². The maximum Gasteiger partial charge on any atom is 0.326 e. The monoisotopic (exact) mass is 561 g/mol. The number of para-hydroxylation sites is 1. The highest BCUT2D eigenvalue weighted by molar-refractivity contribution is 8.00. The van der Waals surface area contributed by atoms with Crippen LogP contribution in [0.4, 0.5) is 21.9 Å². The van der Waals surface area contributed by atoms with Crippen molar-refractivity contribution >= 4 is 64.1 Å². The van der Waals surface area contributed by atoms with E-state index < -0.39 is 0 Å². The van der Waals surface area contributed by atoms with Gasteiger partial charge in [-0.3, -0.25) is 9.69 Å². The molecule has 0 spiro atoms. The number of nitrogens with one attached hydrogen (secondary N) is 2. The molecule has 2 aliphatic rings. The van der Waals surface area contributed by atoms with Gasteiger partial charge in [-0.2, -0.15) is 0 Å². The Morgan fingerprint density at radius 2 is 1.79 bits per heavy atom. The predicted molar refractivity (Wildman–Crippen MR) is 161 cm³/mol. The van der Waals surface area contributed by atoms with Gasteiger partial charge in [0.2, 0.25) is 5.91 Å². The minimum Gasteiger partial charge on any atom is -0.325 e. The molecule has 0 saturated carbocycles. The minimum atomic E-state index is -0.299. The summed E-state index contributed by atoms with van der Waals surface area (Å²) in [7, 11) is 0. The fourth-order valence-corrected chi connectivity index (χ4v) is 6.89. The van der Waals surface area contributed by atoms with Crippen LogP contribution in [0.3, 0.4) is 0 Å². The summed E-state index contributed by atoms with van der Waals surface area (Å²) in [5.41, 5.74) is 3.22. The van der Waals surface area contributed by atoms with E-state index in [1.165, 1.54) is 11.8 Å². The number of fused-ring (bicyclic) bond motifs is 2. The van der Waals surface area contributed by atoms with Gasteiger partial charge < -0.3 is 10.6 Å². The number of rotatable bonds is 6. The summed E-state index contributed by atoms with van der Waals surface area (Å²) in [5.74, 6) is -0.0857. The third-order valence-corrected chi connectivity index (χ3v) is 9.50. The third kappa shape index (κ3) is 5.80. The van der Waals surface area contributed by atoms with Gasteiger partial charge in [-0.05, 0) is 61.4 Å². The number of amides is 3. The molecule has 0 bridgehead atoms. The van der Waals surface area contributed by atoms with Crippen molar-refractivity contribution in [2.75, 3.05) is 15.5 Å². The van der Waals surface area contributed by atoms with Crippen molar-refractivity contribution in [1.82, 2.24) is 0 Å². The largest absolute Gasteiger partial charge is 0.326 e. The lowest BCUT2D eigenvalue weighted by atomic mass is 10.1. The van der Waals surface area contributed by atoms with Gasteiger partial charge in [-0.25, -0.2) is 4.79 Å². The zero-order chi connectivity index (χ0) is 26.6. The molecule has 5 rings (SSSR count). The lowest BCUT2D eigenvalue weighted by Gasteiger charge is -2.40. The van der Waals surface area contributed by atoms with Crippen LogP contribution in [0.15, 0.2) is 101 Å². The Hall–Kier alpha value is -3.13. The number of benzene rings is 3. The van der Waals surface area contributed by atoms with Crippen molar-refractivity contribution in [2.24, 2.45) is 0 Å². The molecule has 0 fully saturated rings. The SMILES string of the molecule is CCC(Sc1cccc(NC(=O)N2c3ccccc3SC3C=CC=CC32)c1)C(=O)Nc1ccc(C)c(Cl)c1. The van der Waals surface area contributed by atoms with Crippen molar-refractivity contribution in [3.05, 3.63) is 102 Å². The van der Waals surface area contributed by atoms with Gasteiger partial charge >= 0.3 is 6.03 Å². The van der Waals surface area contributed by atoms with Crippen LogP contribution in [-0.4, -0.2) is 28.5 Å². The second-order valence-corrected chi connectivity index (χ2v) is 12.0. The normalized spacial score (nSPS) is 18.3. The van der Waals surface area contributed by atoms with Crippen LogP contribution >= 0.6 is 35.1 Å². The zero-order valence-electron chi connectivity index (χ0n) is 21.1. The van der Waals surface area contributed by atoms with E-state index in [0.717, 1.165) is 21.0 Å². The number of nitrogens with zero attached hydrogens (tertiary/aromatic N) is 1. The molecule has 8 heteroatoms. The first-order valence-corrected chi connectivity index (χ1v) is 14.6. The molecule has 1 heterocycles. The summed E-state index contributed by atoms with van der Waals surface area (Å²) >= 11 is 9.47. The van der Waals surface area contributed by atoms with Gasteiger partial charge in [-0.1, -0.05) is 67.1 Å². The number of aryl methyl sites for hydroxylation is 1. The average Bonchev–Trinajstić information content (AvgIpc) is 2.92. The number of halogens is 1. The molecule has 3 atom stereocenters. The van der Waals surface area contributed by atoms with Crippen LogP contribution in [0.25, 0.3) is 0 Å². The van der Waals surface area contributed by atoms with Crippen molar-refractivity contribution in [2.45, 2.75) is 46.6 Å². The maximum atomic E-state index is 13.6. The Balaban J connectivity index is 1.30. The summed E-state index contributed by atoms with van der Waals surface area (Å²) in [6, 6.07) is 20.9. The predicted octanol–water partition coefficient (Wildman–Crippen LogP) is 8.17. The molecule has 3 aromatic rings. The highest BCUT2D eigenvalue weighted by Gasteiger charge is 2.36. The molecule has 1 aliphatic carbocycles. The molecule has 38 heavy (non-hydrogen) atoms. The van der Waals surface area contributed by atoms with Crippen molar-refractivity contribution in [3.63, 3.8) is 0 Å². The van der Waals surface area contributed by atoms with E-state index in [4.69, 9.17) is 11.6 Å². The Bertz CT molecular complexity index is 1420. The third-order valence-electron chi connectivity index (χ3n) is 6.43. The number of allylic oxidation sites excluding steroid dienone is 2. The molecular weight excluding hydrogens is 534 g/mol. The Morgan fingerprint density at radius 1 is 1.00 bits per heavy atom. The molecular formula is C30H28ClN3O2S2. The number of thioether (sulfide) groups is 2. The molecule has 2 N–H and O–H groups in total. The van der Waals surface area contributed by atoms with E-state index >= 15 is 0 Å². The lowest BCUT2D eigenvalue weighted by molar-refractivity contribution is -0.115. The number of carbonyl (C=O) groups is 2. The average molecular weight is 562 g/mol. The molecule has 0 saturated heterocycles. The summed E-state index contributed by atoms with van der Waals surface area (Å²) in [6.45, 7) is 3.91. The van der Waals surface area contributed by atoms with Crippen LogP contribution in [0.1, 0.15) is 18.9 Å². The van der Waals surface area contributed by atoms with Crippen LogP contribution in [0.5, 0.6) is 0 Å². The van der Waals surface area contributed by atoms with Crippen LogP contribution in [0, 0.1) is 6.92 Å². The fourth-order valence-electron chi connectivity index (χ4n) is 4.44. The molecule has 0 radical (unpaired) electrons. The van der Waals surface area contributed by atoms with Crippen LogP contribution < -0.4 is 15.5 Å². The van der Waals surface area contributed by atoms with E-state index in [1.54, 1.807) is 17.8 Å². The summed E-state index contributed by atoms with van der Waals surface area (Å²) < 4.78 is 0. The number of carbonyl (C=O) groups excluding carboxylic acids is 2. The van der Waals surface area contributed by atoms with E-state index in [2.05, 4.69) is 28.9 Å². The van der Waals surface area contributed by atoms with Gasteiger partial charge in [0, 0.05) is 26.2 Å². The van der Waals surface area contributed by atoms with Crippen LogP contribution in [0.2, 0.25) is 5.02 Å². The number of hydrogen-bond donors (Lipinski definition) is 2. The Kier molecular flexibility index (Phi) is 8.17. The van der Waals surface area contributed by atoms with E-state index in [0.29, 0.717) is 22.8 Å². The first kappa shape index (κ1) is 26.5. The second-order valence-electron chi connectivity index (χ2n) is 9.11. The molecule has 3 unspecified atom stereocenters. The standard InChI is InChI=1S/C30H28ClN3O2S2/c1-3-26(29(35)32-21-16-15-19(2)23(31)18-21)37-22-10-8-9-20(17-22)33-30(36)34-24-11-4-6-13-27(24)38-28-14-7-5-12-25(28)34/h4-18,24,26-27H,3H2,1-2H3,(H,32,35)(H,33,36). The number of anilines is 3. The molecule has 194 valence electrons. The highest BCUT2D eigenvalue weighted by atomic mass is 35.5. The van der Waals surface area contributed by atoms with Gasteiger partial charge in [0.05, 0.1) is 22.2 Å². The second kappa shape index (κ2) is 11.7.